The molecule has 1 aromatic rings. The van der Waals surface area contributed by atoms with Crippen molar-refractivity contribution in [3.8, 4) is 0 Å². The molecule has 2 saturated carbocycles. The van der Waals surface area contributed by atoms with E-state index in [9.17, 15) is 14.4 Å². The standard InChI is InChI=1S/C21H29NO5S/c1-10(2)26-20(24)16-12(5)17(21(25)27-11(3)4)28-19(16)22-18(23)15-9-13-6-7-14(15)8-13/h10-11,13-15H,6-9H2,1-5H3,(H,22,23)/t13-,14+,15-/m1/s1. The van der Waals surface area contributed by atoms with Crippen molar-refractivity contribution in [1.29, 1.82) is 0 Å². The van der Waals surface area contributed by atoms with E-state index in [1.54, 1.807) is 34.6 Å². The number of anilines is 1. The molecular weight excluding hydrogens is 378 g/mol. The first-order valence-corrected chi connectivity index (χ1v) is 10.8. The van der Waals surface area contributed by atoms with Gasteiger partial charge in [0.05, 0.1) is 17.8 Å². The number of hydrogen-bond donors (Lipinski definition) is 1. The summed E-state index contributed by atoms with van der Waals surface area (Å²) in [6.45, 7) is 8.76. The second-order valence-electron chi connectivity index (χ2n) is 8.44. The van der Waals surface area contributed by atoms with Crippen LogP contribution >= 0.6 is 11.3 Å². The molecule has 3 atom stereocenters. The van der Waals surface area contributed by atoms with Gasteiger partial charge in [-0.25, -0.2) is 9.59 Å². The second-order valence-corrected chi connectivity index (χ2v) is 9.46. The molecule has 0 aromatic carbocycles. The fraction of sp³-hybridized carbons (Fsp3) is 0.667. The van der Waals surface area contributed by atoms with Crippen LogP contribution in [0.3, 0.4) is 0 Å². The van der Waals surface area contributed by atoms with Crippen LogP contribution in [0.2, 0.25) is 0 Å². The molecular formula is C21H29NO5S. The number of carbonyl (C=O) groups excluding carboxylic acids is 3. The highest BCUT2D eigenvalue weighted by Gasteiger charge is 2.43. The first-order valence-electron chi connectivity index (χ1n) is 10.0. The van der Waals surface area contributed by atoms with Crippen LogP contribution in [0, 0.1) is 24.7 Å². The highest BCUT2D eigenvalue weighted by atomic mass is 32.1. The maximum atomic E-state index is 12.9. The molecule has 28 heavy (non-hydrogen) atoms. The first-order chi connectivity index (χ1) is 13.2. The van der Waals surface area contributed by atoms with Gasteiger partial charge in [0, 0.05) is 5.92 Å². The van der Waals surface area contributed by atoms with Gasteiger partial charge in [0.1, 0.15) is 9.88 Å². The first kappa shape index (κ1) is 20.8. The lowest BCUT2D eigenvalue weighted by Crippen LogP contribution is -2.27. The molecule has 1 heterocycles. The Hall–Kier alpha value is -1.89. The summed E-state index contributed by atoms with van der Waals surface area (Å²) in [4.78, 5) is 38.3. The van der Waals surface area contributed by atoms with Gasteiger partial charge in [-0.1, -0.05) is 6.42 Å². The molecule has 3 rings (SSSR count). The third kappa shape index (κ3) is 4.24. The Bertz CT molecular complexity index is 782. The number of esters is 2. The molecule has 6 nitrogen and oxygen atoms in total. The Balaban J connectivity index is 1.88. The number of carbonyl (C=O) groups is 3. The van der Waals surface area contributed by atoms with Crippen molar-refractivity contribution in [3.05, 3.63) is 16.0 Å². The largest absolute Gasteiger partial charge is 0.459 e. The number of fused-ring (bicyclic) bond motifs is 2. The van der Waals surface area contributed by atoms with Crippen molar-refractivity contribution in [2.24, 2.45) is 17.8 Å². The predicted molar refractivity (Wildman–Crippen MR) is 108 cm³/mol. The number of nitrogens with one attached hydrogen (secondary N) is 1. The quantitative estimate of drug-likeness (QED) is 0.699. The summed E-state index contributed by atoms with van der Waals surface area (Å²) in [6, 6.07) is 0. The van der Waals surface area contributed by atoms with Crippen LogP contribution < -0.4 is 5.32 Å². The summed E-state index contributed by atoms with van der Waals surface area (Å²) in [6.07, 6.45) is 3.77. The average molecular weight is 408 g/mol. The normalized spacial score (nSPS) is 23.3. The second kappa shape index (κ2) is 8.23. The lowest BCUT2D eigenvalue weighted by Gasteiger charge is -2.20. The van der Waals surface area contributed by atoms with Crippen molar-refractivity contribution in [1.82, 2.24) is 0 Å². The van der Waals surface area contributed by atoms with E-state index in [1.165, 1.54) is 6.42 Å². The highest BCUT2D eigenvalue weighted by molar-refractivity contribution is 7.18. The minimum absolute atomic E-state index is 0.0128. The Morgan fingerprint density at radius 1 is 1.00 bits per heavy atom. The Morgan fingerprint density at radius 2 is 1.64 bits per heavy atom. The molecule has 7 heteroatoms. The van der Waals surface area contributed by atoms with E-state index >= 15 is 0 Å². The highest BCUT2D eigenvalue weighted by Crippen LogP contribution is 2.49. The summed E-state index contributed by atoms with van der Waals surface area (Å²) < 4.78 is 10.7. The maximum absolute atomic E-state index is 12.9. The summed E-state index contributed by atoms with van der Waals surface area (Å²) in [7, 11) is 0. The van der Waals surface area contributed by atoms with Gasteiger partial charge in [-0.2, -0.15) is 0 Å². The van der Waals surface area contributed by atoms with Crippen molar-refractivity contribution >= 4 is 34.2 Å². The van der Waals surface area contributed by atoms with Gasteiger partial charge < -0.3 is 14.8 Å². The summed E-state index contributed by atoms with van der Waals surface area (Å²) in [5.41, 5.74) is 0.746. The minimum atomic E-state index is -0.532. The van der Waals surface area contributed by atoms with E-state index in [2.05, 4.69) is 5.32 Å². The van der Waals surface area contributed by atoms with Crippen LogP contribution in [0.25, 0.3) is 0 Å². The average Bonchev–Trinajstić information content (AvgIpc) is 3.27. The number of thiophene rings is 1. The molecule has 0 unspecified atom stereocenters. The fourth-order valence-corrected chi connectivity index (χ4v) is 5.43. The molecule has 1 aromatic heterocycles. The zero-order valence-corrected chi connectivity index (χ0v) is 18.0. The van der Waals surface area contributed by atoms with Crippen molar-refractivity contribution in [2.75, 3.05) is 5.32 Å². The smallest absolute Gasteiger partial charge is 0.348 e. The van der Waals surface area contributed by atoms with E-state index in [0.29, 0.717) is 27.3 Å². The van der Waals surface area contributed by atoms with Crippen molar-refractivity contribution in [3.63, 3.8) is 0 Å². The maximum Gasteiger partial charge on any atom is 0.348 e. The molecule has 0 aliphatic heterocycles. The van der Waals surface area contributed by atoms with E-state index in [-0.39, 0.29) is 29.6 Å². The Morgan fingerprint density at radius 3 is 2.18 bits per heavy atom. The van der Waals surface area contributed by atoms with Gasteiger partial charge in [0.2, 0.25) is 5.91 Å². The van der Waals surface area contributed by atoms with Gasteiger partial charge in [-0.3, -0.25) is 4.79 Å². The zero-order valence-electron chi connectivity index (χ0n) is 17.2. The van der Waals surface area contributed by atoms with E-state index < -0.39 is 11.9 Å². The summed E-state index contributed by atoms with van der Waals surface area (Å²) >= 11 is 1.09. The van der Waals surface area contributed by atoms with Crippen LogP contribution in [0.15, 0.2) is 0 Å². The molecule has 0 spiro atoms. The van der Waals surface area contributed by atoms with Crippen LogP contribution in [-0.4, -0.2) is 30.1 Å². The van der Waals surface area contributed by atoms with Crippen molar-refractivity contribution < 1.29 is 23.9 Å². The van der Waals surface area contributed by atoms with E-state index in [1.807, 2.05) is 0 Å². The number of rotatable bonds is 6. The Kier molecular flexibility index (Phi) is 6.12. The number of ether oxygens (including phenoxy) is 2. The van der Waals surface area contributed by atoms with Crippen LogP contribution in [-0.2, 0) is 14.3 Å². The van der Waals surface area contributed by atoms with Gasteiger partial charge in [-0.05, 0) is 71.3 Å². The molecule has 2 aliphatic rings. The molecule has 0 radical (unpaired) electrons. The molecule has 2 aliphatic carbocycles. The lowest BCUT2D eigenvalue weighted by atomic mass is 9.88. The zero-order chi connectivity index (χ0) is 20.6. The van der Waals surface area contributed by atoms with Crippen LogP contribution in [0.4, 0.5) is 5.00 Å². The SMILES string of the molecule is Cc1c(C(=O)OC(C)C)sc(NC(=O)[C@@H]2C[C@@H]3CC[C@H]2C3)c1C(=O)OC(C)C. The third-order valence-electron chi connectivity index (χ3n) is 5.53. The molecule has 2 bridgehead atoms. The third-order valence-corrected chi connectivity index (χ3v) is 6.72. The number of hydrogen-bond acceptors (Lipinski definition) is 6. The Labute approximate surface area is 170 Å². The molecule has 2 fully saturated rings. The van der Waals surface area contributed by atoms with E-state index in [4.69, 9.17) is 9.47 Å². The van der Waals surface area contributed by atoms with Crippen LogP contribution in [0.1, 0.15) is 79.0 Å². The summed E-state index contributed by atoms with van der Waals surface area (Å²) in [5, 5.41) is 3.31. The van der Waals surface area contributed by atoms with E-state index in [0.717, 1.165) is 30.6 Å². The topological polar surface area (TPSA) is 81.7 Å². The molecule has 0 saturated heterocycles. The van der Waals surface area contributed by atoms with Gasteiger partial charge in [0.25, 0.3) is 0 Å². The minimum Gasteiger partial charge on any atom is -0.459 e. The van der Waals surface area contributed by atoms with Gasteiger partial charge in [0.15, 0.2) is 0 Å². The monoisotopic (exact) mass is 407 g/mol. The van der Waals surface area contributed by atoms with Gasteiger partial charge >= 0.3 is 11.9 Å². The predicted octanol–water partition coefficient (Wildman–Crippen LogP) is 4.56. The summed E-state index contributed by atoms with van der Waals surface area (Å²) in [5.74, 6) is -0.0144. The van der Waals surface area contributed by atoms with Gasteiger partial charge in [-0.15, -0.1) is 11.3 Å². The fourth-order valence-electron chi connectivity index (χ4n) is 4.35. The molecule has 1 N–H and O–H groups in total. The molecule has 154 valence electrons. The van der Waals surface area contributed by atoms with Crippen LogP contribution in [0.5, 0.6) is 0 Å². The van der Waals surface area contributed by atoms with Crippen molar-refractivity contribution in [2.45, 2.75) is 72.5 Å². The molecule has 1 amide bonds. The number of amides is 1. The lowest BCUT2D eigenvalue weighted by molar-refractivity contribution is -0.121.